The summed E-state index contributed by atoms with van der Waals surface area (Å²) in [7, 11) is 0. The van der Waals surface area contributed by atoms with Gasteiger partial charge >= 0.3 is 0 Å². The molecule has 1 aromatic heterocycles. The van der Waals surface area contributed by atoms with E-state index in [2.05, 4.69) is 26.2 Å². The molecule has 0 radical (unpaired) electrons. The Kier molecular flexibility index (Phi) is 5.38. The number of nitrogens with zero attached hydrogens (tertiary/aromatic N) is 1. The fourth-order valence-corrected chi connectivity index (χ4v) is 3.69. The maximum absolute atomic E-state index is 12.6. The van der Waals surface area contributed by atoms with E-state index in [1.807, 2.05) is 26.0 Å². The summed E-state index contributed by atoms with van der Waals surface area (Å²) in [5.74, 6) is 0.0694. The normalized spacial score (nSPS) is 11.1. The van der Waals surface area contributed by atoms with Crippen LogP contribution in [0.3, 0.4) is 0 Å². The van der Waals surface area contributed by atoms with Gasteiger partial charge in [-0.25, -0.2) is 4.98 Å². The first-order valence-corrected chi connectivity index (χ1v) is 10.3. The molecule has 3 aromatic carbocycles. The quantitative estimate of drug-likeness (QED) is 0.325. The Labute approximate surface area is 186 Å². The van der Waals surface area contributed by atoms with E-state index in [1.165, 1.54) is 0 Å². The highest BCUT2D eigenvalue weighted by Gasteiger charge is 2.16. The van der Waals surface area contributed by atoms with Crippen LogP contribution in [-0.2, 0) is 0 Å². The number of oxazole rings is 1. The van der Waals surface area contributed by atoms with E-state index >= 15 is 0 Å². The molecule has 0 fully saturated rings. The minimum Gasteiger partial charge on any atom is -0.436 e. The molecule has 0 bridgehead atoms. The Hall–Kier alpha value is -2.34. The zero-order valence-electron chi connectivity index (χ0n) is 15.5. The fraction of sp³-hybridized carbons (Fsp3) is 0.0909. The maximum atomic E-state index is 12.6. The number of hydrogen-bond acceptors (Lipinski definition) is 3. The van der Waals surface area contributed by atoms with Crippen molar-refractivity contribution in [3.05, 3.63) is 79.7 Å². The summed E-state index contributed by atoms with van der Waals surface area (Å²) in [5, 5.41) is 3.68. The first-order chi connectivity index (χ1) is 13.8. The Balaban J connectivity index is 1.69. The lowest BCUT2D eigenvalue weighted by atomic mass is 10.1. The van der Waals surface area contributed by atoms with Crippen molar-refractivity contribution < 1.29 is 9.21 Å². The van der Waals surface area contributed by atoms with Crippen LogP contribution in [-0.4, -0.2) is 10.9 Å². The van der Waals surface area contributed by atoms with Gasteiger partial charge in [0.1, 0.15) is 5.52 Å². The molecule has 0 aliphatic heterocycles. The summed E-state index contributed by atoms with van der Waals surface area (Å²) in [4.78, 5) is 17.2. The summed E-state index contributed by atoms with van der Waals surface area (Å²) in [6.07, 6.45) is 0. The number of carbonyl (C=O) groups is 1. The zero-order chi connectivity index (χ0) is 20.7. The molecule has 0 spiro atoms. The van der Waals surface area contributed by atoms with Crippen LogP contribution in [0.2, 0.25) is 10.0 Å². The molecule has 0 aliphatic carbocycles. The van der Waals surface area contributed by atoms with Gasteiger partial charge in [0.25, 0.3) is 5.91 Å². The molecule has 4 nitrogen and oxygen atoms in total. The molecule has 4 aromatic rings. The van der Waals surface area contributed by atoms with Crippen molar-refractivity contribution in [2.75, 3.05) is 5.32 Å². The van der Waals surface area contributed by atoms with Gasteiger partial charge < -0.3 is 9.73 Å². The third kappa shape index (κ3) is 4.04. The van der Waals surface area contributed by atoms with Crippen molar-refractivity contribution in [3.63, 3.8) is 0 Å². The van der Waals surface area contributed by atoms with Gasteiger partial charge in [0.05, 0.1) is 21.2 Å². The zero-order valence-corrected chi connectivity index (χ0v) is 18.6. The number of fused-ring (bicyclic) bond motifs is 1. The average Bonchev–Trinajstić information content (AvgIpc) is 3.08. The maximum Gasteiger partial charge on any atom is 0.257 e. The Morgan fingerprint density at radius 1 is 1.00 bits per heavy atom. The average molecular weight is 490 g/mol. The molecule has 7 heteroatoms. The molecule has 0 atom stereocenters. The predicted octanol–water partition coefficient (Wildman–Crippen LogP) is 7.43. The van der Waals surface area contributed by atoms with E-state index in [0.717, 1.165) is 21.1 Å². The molecule has 0 aliphatic rings. The fourth-order valence-electron chi connectivity index (χ4n) is 2.93. The number of halogens is 3. The number of hydrogen-bond donors (Lipinski definition) is 1. The van der Waals surface area contributed by atoms with Crippen molar-refractivity contribution in [1.29, 1.82) is 0 Å². The van der Waals surface area contributed by atoms with Gasteiger partial charge in [0.15, 0.2) is 5.58 Å². The number of rotatable bonds is 3. The highest BCUT2D eigenvalue weighted by Crippen LogP contribution is 2.33. The second kappa shape index (κ2) is 7.82. The third-order valence-corrected chi connectivity index (χ3v) is 5.78. The number of aryl methyl sites for hydroxylation is 2. The smallest absolute Gasteiger partial charge is 0.257 e. The van der Waals surface area contributed by atoms with Crippen LogP contribution >= 0.6 is 39.1 Å². The molecule has 1 amide bonds. The largest absolute Gasteiger partial charge is 0.436 e. The highest BCUT2D eigenvalue weighted by atomic mass is 79.9. The molecule has 0 saturated heterocycles. The van der Waals surface area contributed by atoms with E-state index in [1.54, 1.807) is 36.4 Å². The van der Waals surface area contributed by atoms with Crippen LogP contribution in [0.25, 0.3) is 22.6 Å². The number of benzene rings is 3. The lowest BCUT2D eigenvalue weighted by Crippen LogP contribution is -2.12. The number of amides is 1. The Bertz CT molecular complexity index is 1230. The standard InChI is InChI=1S/C22H15BrCl2N2O2/c1-11-7-19-20(8-12(11)2)29-22(27-19)16-10-14(4-6-18(16)25)26-21(28)15-9-13(23)3-5-17(15)24/h3-10H,1-2H3,(H,26,28). The first-order valence-electron chi connectivity index (χ1n) is 8.76. The van der Waals surface area contributed by atoms with E-state index in [0.29, 0.717) is 38.3 Å². The van der Waals surface area contributed by atoms with Crippen LogP contribution in [0.1, 0.15) is 21.5 Å². The van der Waals surface area contributed by atoms with Crippen molar-refractivity contribution in [3.8, 4) is 11.5 Å². The van der Waals surface area contributed by atoms with E-state index < -0.39 is 0 Å². The Morgan fingerprint density at radius 2 is 1.72 bits per heavy atom. The summed E-state index contributed by atoms with van der Waals surface area (Å²) in [6, 6.07) is 14.2. The number of nitrogens with one attached hydrogen (secondary N) is 1. The topological polar surface area (TPSA) is 55.1 Å². The Morgan fingerprint density at radius 3 is 2.52 bits per heavy atom. The molecule has 0 unspecified atom stereocenters. The SMILES string of the molecule is Cc1cc2nc(-c3cc(NC(=O)c4cc(Br)ccc4Cl)ccc3Cl)oc2cc1C. The van der Waals surface area contributed by atoms with Gasteiger partial charge in [-0.05, 0) is 73.5 Å². The van der Waals surface area contributed by atoms with Gasteiger partial charge in [0.2, 0.25) is 5.89 Å². The van der Waals surface area contributed by atoms with Gasteiger partial charge in [-0.1, -0.05) is 39.1 Å². The van der Waals surface area contributed by atoms with Crippen molar-refractivity contribution in [2.24, 2.45) is 0 Å². The number of carbonyl (C=O) groups excluding carboxylic acids is 1. The summed E-state index contributed by atoms with van der Waals surface area (Å²) >= 11 is 15.9. The van der Waals surface area contributed by atoms with E-state index in [9.17, 15) is 4.79 Å². The minimum absolute atomic E-state index is 0.326. The molecule has 4 rings (SSSR count). The van der Waals surface area contributed by atoms with Crippen molar-refractivity contribution in [2.45, 2.75) is 13.8 Å². The molecule has 1 N–H and O–H groups in total. The van der Waals surface area contributed by atoms with Gasteiger partial charge in [-0.2, -0.15) is 0 Å². The molecular weight excluding hydrogens is 475 g/mol. The van der Waals surface area contributed by atoms with Crippen LogP contribution in [0.4, 0.5) is 5.69 Å². The lowest BCUT2D eigenvalue weighted by Gasteiger charge is -2.09. The molecule has 1 heterocycles. The first kappa shape index (κ1) is 20.0. The van der Waals surface area contributed by atoms with Gasteiger partial charge in [-0.15, -0.1) is 0 Å². The summed E-state index contributed by atoms with van der Waals surface area (Å²) in [6.45, 7) is 4.05. The van der Waals surface area contributed by atoms with E-state index in [4.69, 9.17) is 27.6 Å². The van der Waals surface area contributed by atoms with Crippen molar-refractivity contribution in [1.82, 2.24) is 4.98 Å². The monoisotopic (exact) mass is 488 g/mol. The predicted molar refractivity (Wildman–Crippen MR) is 121 cm³/mol. The van der Waals surface area contributed by atoms with Crippen LogP contribution in [0.5, 0.6) is 0 Å². The second-order valence-electron chi connectivity index (χ2n) is 6.70. The molecule has 146 valence electrons. The highest BCUT2D eigenvalue weighted by molar-refractivity contribution is 9.10. The number of anilines is 1. The van der Waals surface area contributed by atoms with Crippen LogP contribution in [0, 0.1) is 13.8 Å². The lowest BCUT2D eigenvalue weighted by molar-refractivity contribution is 0.102. The molecule has 0 saturated carbocycles. The van der Waals surface area contributed by atoms with Crippen LogP contribution < -0.4 is 5.32 Å². The molecular formula is C22H15BrCl2N2O2. The van der Waals surface area contributed by atoms with Gasteiger partial charge in [-0.3, -0.25) is 4.79 Å². The number of aromatic nitrogens is 1. The molecule has 29 heavy (non-hydrogen) atoms. The summed E-state index contributed by atoms with van der Waals surface area (Å²) < 4.78 is 6.68. The third-order valence-electron chi connectivity index (χ3n) is 4.63. The van der Waals surface area contributed by atoms with Crippen LogP contribution in [0.15, 0.2) is 57.4 Å². The van der Waals surface area contributed by atoms with Gasteiger partial charge in [0, 0.05) is 10.2 Å². The van der Waals surface area contributed by atoms with E-state index in [-0.39, 0.29) is 5.91 Å². The summed E-state index contributed by atoms with van der Waals surface area (Å²) in [5.41, 5.74) is 5.22. The minimum atomic E-state index is -0.326. The second-order valence-corrected chi connectivity index (χ2v) is 8.43. The van der Waals surface area contributed by atoms with Crippen molar-refractivity contribution >= 4 is 61.8 Å².